The third-order valence-corrected chi connectivity index (χ3v) is 7.00. The van der Waals surface area contributed by atoms with Crippen molar-refractivity contribution in [2.45, 2.75) is 45.2 Å². The minimum atomic E-state index is -4.73. The van der Waals surface area contributed by atoms with E-state index in [-0.39, 0.29) is 44.9 Å². The first kappa shape index (κ1) is 26.1. The maximum Gasteiger partial charge on any atom is 0.417 e. The van der Waals surface area contributed by atoms with Crippen molar-refractivity contribution < 1.29 is 27.2 Å². The number of halogens is 5. The Balaban J connectivity index is 1.74. The highest BCUT2D eigenvalue weighted by Crippen LogP contribution is 2.43. The molecule has 1 aliphatic rings. The summed E-state index contributed by atoms with van der Waals surface area (Å²) in [5.74, 6) is -1.64. The number of rotatable bonds is 5. The smallest absolute Gasteiger partial charge is 0.342 e. The molecule has 5 nitrogen and oxygen atoms in total. The summed E-state index contributed by atoms with van der Waals surface area (Å²) in [5.41, 5.74) is -0.419. The van der Waals surface area contributed by atoms with E-state index >= 15 is 0 Å². The Kier molecular flexibility index (Phi) is 7.14. The summed E-state index contributed by atoms with van der Waals surface area (Å²) in [6.07, 6.45) is -1.47. The average Bonchev–Trinajstić information content (AvgIpc) is 3.15. The van der Waals surface area contributed by atoms with Crippen molar-refractivity contribution in [2.24, 2.45) is 13.0 Å². The van der Waals surface area contributed by atoms with E-state index in [4.69, 9.17) is 11.6 Å². The molecule has 0 N–H and O–H groups in total. The van der Waals surface area contributed by atoms with E-state index in [0.717, 1.165) is 18.3 Å². The maximum atomic E-state index is 14.5. The van der Waals surface area contributed by atoms with Crippen LogP contribution in [0.25, 0.3) is 11.0 Å². The first-order valence-corrected chi connectivity index (χ1v) is 12.1. The average molecular weight is 524 g/mol. The Labute approximate surface area is 211 Å². The molecule has 4 rings (SSSR count). The van der Waals surface area contributed by atoms with E-state index in [2.05, 4.69) is 4.98 Å². The van der Waals surface area contributed by atoms with Crippen molar-refractivity contribution in [3.05, 3.63) is 63.7 Å². The molecule has 1 aliphatic heterocycles. The lowest BCUT2D eigenvalue weighted by Gasteiger charge is -2.33. The second kappa shape index (κ2) is 9.84. The zero-order chi connectivity index (χ0) is 26.4. The predicted molar refractivity (Wildman–Crippen MR) is 129 cm³/mol. The van der Waals surface area contributed by atoms with Gasteiger partial charge in [-0.15, -0.1) is 0 Å². The van der Waals surface area contributed by atoms with Gasteiger partial charge in [0, 0.05) is 55.8 Å². The van der Waals surface area contributed by atoms with E-state index in [9.17, 15) is 27.2 Å². The van der Waals surface area contributed by atoms with Gasteiger partial charge in [-0.05, 0) is 48.1 Å². The molecular formula is C26H26ClF4N3O2. The maximum absolute atomic E-state index is 14.5. The number of amides is 1. The summed E-state index contributed by atoms with van der Waals surface area (Å²) in [7, 11) is 1.64. The highest BCUT2D eigenvalue weighted by atomic mass is 35.5. The predicted octanol–water partition coefficient (Wildman–Crippen LogP) is 6.17. The molecule has 0 aliphatic carbocycles. The van der Waals surface area contributed by atoms with Crippen molar-refractivity contribution in [3.8, 4) is 0 Å². The summed E-state index contributed by atoms with van der Waals surface area (Å²) in [6, 6.07) is 3.31. The first-order chi connectivity index (χ1) is 16.9. The Morgan fingerprint density at radius 1 is 1.19 bits per heavy atom. The van der Waals surface area contributed by atoms with Gasteiger partial charge in [-0.2, -0.15) is 13.2 Å². The molecule has 192 valence electrons. The molecule has 2 aromatic heterocycles. The molecule has 1 fully saturated rings. The number of aromatic nitrogens is 2. The van der Waals surface area contributed by atoms with E-state index in [0.29, 0.717) is 31.5 Å². The number of nitrogens with zero attached hydrogens (tertiary/aromatic N) is 3. The number of piperidine rings is 1. The van der Waals surface area contributed by atoms with Crippen LogP contribution in [0, 0.1) is 11.7 Å². The molecule has 0 saturated carbocycles. The Morgan fingerprint density at radius 3 is 2.44 bits per heavy atom. The minimum absolute atomic E-state index is 0.0129. The molecule has 10 heteroatoms. The number of Topliss-reactive ketones (excluding diaryl/α,β-unsaturated/α-hetero) is 1. The zero-order valence-electron chi connectivity index (χ0n) is 20.1. The van der Waals surface area contributed by atoms with Crippen molar-refractivity contribution in [1.29, 1.82) is 0 Å². The largest absolute Gasteiger partial charge is 0.417 e. The van der Waals surface area contributed by atoms with Crippen molar-refractivity contribution in [1.82, 2.24) is 14.5 Å². The number of likely N-dealkylation sites (tertiary alicyclic amines) is 1. The number of hydrogen-bond acceptors (Lipinski definition) is 3. The fourth-order valence-corrected chi connectivity index (χ4v) is 5.08. The monoisotopic (exact) mass is 523 g/mol. The number of pyridine rings is 1. The third kappa shape index (κ3) is 4.98. The molecule has 1 aromatic carbocycles. The van der Waals surface area contributed by atoms with E-state index < -0.39 is 29.8 Å². The number of carbonyl (C=O) groups excluding carboxylic acids is 2. The number of hydrogen-bond donors (Lipinski definition) is 0. The van der Waals surface area contributed by atoms with Crippen LogP contribution >= 0.6 is 11.6 Å². The quantitative estimate of drug-likeness (QED) is 0.297. The van der Waals surface area contributed by atoms with Gasteiger partial charge in [-0.1, -0.05) is 25.4 Å². The summed E-state index contributed by atoms with van der Waals surface area (Å²) in [6.45, 7) is 4.58. The first-order valence-electron chi connectivity index (χ1n) is 11.7. The second-order valence-corrected chi connectivity index (χ2v) is 9.94. The van der Waals surface area contributed by atoms with Crippen LogP contribution in [0.1, 0.15) is 59.7 Å². The number of aryl methyl sites for hydroxylation is 1. The van der Waals surface area contributed by atoms with Gasteiger partial charge >= 0.3 is 6.18 Å². The summed E-state index contributed by atoms with van der Waals surface area (Å²) in [5, 5.41) is -0.292. The van der Waals surface area contributed by atoms with Gasteiger partial charge in [0.15, 0.2) is 5.78 Å². The van der Waals surface area contributed by atoms with E-state index in [1.807, 2.05) is 13.8 Å². The zero-order valence-corrected chi connectivity index (χ0v) is 20.9. The lowest BCUT2D eigenvalue weighted by atomic mass is 9.87. The number of benzene rings is 1. The van der Waals surface area contributed by atoms with Crippen molar-refractivity contribution in [3.63, 3.8) is 0 Å². The lowest BCUT2D eigenvalue weighted by molar-refractivity contribution is -0.137. The molecule has 0 atom stereocenters. The van der Waals surface area contributed by atoms with Crippen molar-refractivity contribution in [2.75, 3.05) is 13.1 Å². The Morgan fingerprint density at radius 2 is 1.86 bits per heavy atom. The summed E-state index contributed by atoms with van der Waals surface area (Å²) >= 11 is 5.75. The molecule has 0 radical (unpaired) electrons. The topological polar surface area (TPSA) is 55.2 Å². The Hall–Kier alpha value is -2.94. The second-order valence-electron chi connectivity index (χ2n) is 9.53. The molecule has 1 saturated heterocycles. The van der Waals surface area contributed by atoms with Gasteiger partial charge in [0.05, 0.1) is 10.6 Å². The summed E-state index contributed by atoms with van der Waals surface area (Å²) < 4.78 is 58.5. The normalized spacial score (nSPS) is 15.2. The standard InChI is InChI=1S/C26H26ClF4N3O2/c1-14(2)25(36)34-8-6-15(7-9-34)18-13-33(3)24-22(18)23(26(29,30)31)17(12-32-24)11-21(35)16-4-5-20(28)19(27)10-16/h4-5,10,12-15H,6-9,11H2,1-3H3. The van der Waals surface area contributed by atoms with Crippen LogP contribution in [0.3, 0.4) is 0 Å². The third-order valence-electron chi connectivity index (χ3n) is 6.71. The van der Waals surface area contributed by atoms with Crippen LogP contribution in [0.15, 0.2) is 30.6 Å². The molecule has 0 unspecified atom stereocenters. The van der Waals surface area contributed by atoms with Crippen LogP contribution < -0.4 is 0 Å². The highest BCUT2D eigenvalue weighted by Gasteiger charge is 2.39. The van der Waals surface area contributed by atoms with Crippen molar-refractivity contribution >= 4 is 34.3 Å². The van der Waals surface area contributed by atoms with E-state index in [1.54, 1.807) is 22.7 Å². The van der Waals surface area contributed by atoms with Crippen LogP contribution in [-0.4, -0.2) is 39.2 Å². The van der Waals surface area contributed by atoms with E-state index in [1.165, 1.54) is 6.07 Å². The molecule has 3 aromatic rings. The van der Waals surface area contributed by atoms with Crippen LogP contribution in [0.4, 0.5) is 17.6 Å². The van der Waals surface area contributed by atoms with Crippen LogP contribution in [0.2, 0.25) is 5.02 Å². The molecule has 0 bridgehead atoms. The summed E-state index contributed by atoms with van der Waals surface area (Å²) in [4.78, 5) is 31.2. The van der Waals surface area contributed by atoms with Gasteiger partial charge < -0.3 is 9.47 Å². The molecule has 1 amide bonds. The minimum Gasteiger partial charge on any atom is -0.342 e. The fourth-order valence-electron chi connectivity index (χ4n) is 4.90. The van der Waals surface area contributed by atoms with Gasteiger partial charge in [-0.3, -0.25) is 9.59 Å². The SMILES string of the molecule is CC(C)C(=O)N1CCC(c2cn(C)c3ncc(CC(=O)c4ccc(F)c(Cl)c4)c(C(F)(F)F)c23)CC1. The molecule has 36 heavy (non-hydrogen) atoms. The fraction of sp³-hybridized carbons (Fsp3) is 0.423. The van der Waals surface area contributed by atoms with Gasteiger partial charge in [0.25, 0.3) is 0 Å². The lowest BCUT2D eigenvalue weighted by Crippen LogP contribution is -2.40. The van der Waals surface area contributed by atoms with Crippen LogP contribution in [0.5, 0.6) is 0 Å². The highest BCUT2D eigenvalue weighted by molar-refractivity contribution is 6.31. The number of alkyl halides is 3. The Bertz CT molecular complexity index is 1320. The molecular weight excluding hydrogens is 498 g/mol. The number of fused-ring (bicyclic) bond motifs is 1. The number of carbonyl (C=O) groups is 2. The van der Waals surface area contributed by atoms with Gasteiger partial charge in [0.2, 0.25) is 5.91 Å². The van der Waals surface area contributed by atoms with Gasteiger partial charge in [0.1, 0.15) is 11.5 Å². The number of ketones is 1. The molecule has 0 spiro atoms. The van der Waals surface area contributed by atoms with Crippen LogP contribution in [-0.2, 0) is 24.4 Å². The molecule has 3 heterocycles. The van der Waals surface area contributed by atoms with Gasteiger partial charge in [-0.25, -0.2) is 9.37 Å².